The Morgan fingerprint density at radius 3 is 3.00 bits per heavy atom. The van der Waals surface area contributed by atoms with E-state index in [1.165, 1.54) is 0 Å². The number of hydrogen-bond acceptors (Lipinski definition) is 4. The molecule has 1 heterocycles. The van der Waals surface area contributed by atoms with Crippen molar-refractivity contribution in [1.82, 2.24) is 4.98 Å². The number of anilines is 2. The monoisotopic (exact) mass is 326 g/mol. The molecular weight excluding hydrogens is 312 g/mol. The van der Waals surface area contributed by atoms with Crippen molar-refractivity contribution in [2.75, 3.05) is 5.32 Å². The van der Waals surface area contributed by atoms with Crippen LogP contribution in [0.4, 0.5) is 10.8 Å². The normalized spacial score (nSPS) is 12.2. The lowest BCUT2D eigenvalue weighted by Gasteiger charge is -2.13. The van der Waals surface area contributed by atoms with Crippen LogP contribution in [0.15, 0.2) is 34.2 Å². The van der Waals surface area contributed by atoms with Gasteiger partial charge in [0.05, 0.1) is 6.10 Å². The second kappa shape index (κ2) is 6.20. The molecular formula is C13H15BrN2OS. The van der Waals surface area contributed by atoms with Crippen LogP contribution in [0.2, 0.25) is 0 Å². The van der Waals surface area contributed by atoms with Crippen LogP contribution < -0.4 is 10.1 Å². The van der Waals surface area contributed by atoms with E-state index < -0.39 is 0 Å². The van der Waals surface area contributed by atoms with Gasteiger partial charge in [-0.05, 0) is 41.4 Å². The zero-order chi connectivity index (χ0) is 13.0. The van der Waals surface area contributed by atoms with Crippen LogP contribution in [-0.4, -0.2) is 11.1 Å². The topological polar surface area (TPSA) is 34.1 Å². The van der Waals surface area contributed by atoms with Crippen LogP contribution >= 0.6 is 27.3 Å². The Kier molecular flexibility index (Phi) is 4.60. The highest BCUT2D eigenvalue weighted by molar-refractivity contribution is 9.10. The Balaban J connectivity index is 2.07. The zero-order valence-electron chi connectivity index (χ0n) is 10.3. The van der Waals surface area contributed by atoms with Gasteiger partial charge in [-0.25, -0.2) is 4.98 Å². The lowest BCUT2D eigenvalue weighted by Crippen LogP contribution is -2.09. The molecule has 1 aromatic carbocycles. The van der Waals surface area contributed by atoms with Gasteiger partial charge in [-0.15, -0.1) is 11.3 Å². The fourth-order valence-corrected chi connectivity index (χ4v) is 2.56. The second-order valence-corrected chi connectivity index (χ2v) is 5.64. The van der Waals surface area contributed by atoms with Crippen LogP contribution in [0.5, 0.6) is 5.75 Å². The number of thiazole rings is 1. The summed E-state index contributed by atoms with van der Waals surface area (Å²) in [5.41, 5.74) is 0.984. The molecule has 3 nitrogen and oxygen atoms in total. The number of ether oxygens (including phenoxy) is 1. The van der Waals surface area contributed by atoms with Gasteiger partial charge in [-0.1, -0.05) is 13.0 Å². The lowest BCUT2D eigenvalue weighted by atomic mass is 10.3. The molecule has 1 unspecified atom stereocenters. The van der Waals surface area contributed by atoms with E-state index in [-0.39, 0.29) is 6.10 Å². The average molecular weight is 327 g/mol. The maximum absolute atomic E-state index is 5.78. The Morgan fingerprint density at radius 1 is 1.50 bits per heavy atom. The molecule has 1 N–H and O–H groups in total. The average Bonchev–Trinajstić information content (AvgIpc) is 2.75. The molecule has 0 fully saturated rings. The molecule has 2 rings (SSSR count). The highest BCUT2D eigenvalue weighted by atomic mass is 79.9. The van der Waals surface area contributed by atoms with Gasteiger partial charge in [0.25, 0.3) is 0 Å². The Morgan fingerprint density at radius 2 is 2.33 bits per heavy atom. The van der Waals surface area contributed by atoms with Crippen LogP contribution in [0.3, 0.4) is 0 Å². The van der Waals surface area contributed by atoms with Gasteiger partial charge in [-0.2, -0.15) is 0 Å². The molecule has 0 radical (unpaired) electrons. The summed E-state index contributed by atoms with van der Waals surface area (Å²) in [6, 6.07) is 7.93. The Hall–Kier alpha value is -1.07. The maximum Gasteiger partial charge on any atom is 0.188 e. The number of halogens is 1. The van der Waals surface area contributed by atoms with Crippen molar-refractivity contribution in [2.24, 2.45) is 0 Å². The van der Waals surface area contributed by atoms with Crippen molar-refractivity contribution >= 4 is 38.1 Å². The van der Waals surface area contributed by atoms with E-state index in [2.05, 4.69) is 40.1 Å². The zero-order valence-corrected chi connectivity index (χ0v) is 12.7. The summed E-state index contributed by atoms with van der Waals surface area (Å²) in [4.78, 5) is 4.30. The number of aromatic nitrogens is 1. The standard InChI is InChI=1S/C13H15BrN2OS/c1-3-9(2)17-11-6-4-5-10(7-11)15-13-16-12(14)8-18-13/h4-9H,3H2,1-2H3,(H,15,16). The van der Waals surface area contributed by atoms with Gasteiger partial charge in [0, 0.05) is 17.1 Å². The van der Waals surface area contributed by atoms with Crippen LogP contribution in [0.25, 0.3) is 0 Å². The highest BCUT2D eigenvalue weighted by Crippen LogP contribution is 2.26. The van der Waals surface area contributed by atoms with Crippen LogP contribution in [0, 0.1) is 0 Å². The molecule has 1 aromatic heterocycles. The summed E-state index contributed by atoms with van der Waals surface area (Å²) in [5.74, 6) is 0.880. The highest BCUT2D eigenvalue weighted by Gasteiger charge is 2.04. The first-order chi connectivity index (χ1) is 8.67. The van der Waals surface area contributed by atoms with Gasteiger partial charge in [0.2, 0.25) is 0 Å². The molecule has 0 bridgehead atoms. The minimum absolute atomic E-state index is 0.231. The predicted molar refractivity (Wildman–Crippen MR) is 79.9 cm³/mol. The van der Waals surface area contributed by atoms with E-state index >= 15 is 0 Å². The van der Waals surface area contributed by atoms with Crippen molar-refractivity contribution in [3.63, 3.8) is 0 Å². The van der Waals surface area contributed by atoms with E-state index in [1.54, 1.807) is 11.3 Å². The molecule has 0 saturated heterocycles. The fraction of sp³-hybridized carbons (Fsp3) is 0.308. The first-order valence-corrected chi connectivity index (χ1v) is 7.49. The third kappa shape index (κ3) is 3.71. The number of hydrogen-bond donors (Lipinski definition) is 1. The number of rotatable bonds is 5. The molecule has 0 aliphatic carbocycles. The summed E-state index contributed by atoms with van der Waals surface area (Å²) in [6.45, 7) is 4.18. The summed E-state index contributed by atoms with van der Waals surface area (Å²) in [6.07, 6.45) is 1.23. The third-order valence-corrected chi connectivity index (χ3v) is 3.94. The molecule has 18 heavy (non-hydrogen) atoms. The molecule has 0 amide bonds. The Bertz CT molecular complexity index is 515. The van der Waals surface area contributed by atoms with E-state index in [1.807, 2.05) is 29.6 Å². The lowest BCUT2D eigenvalue weighted by molar-refractivity contribution is 0.217. The van der Waals surface area contributed by atoms with Gasteiger partial charge < -0.3 is 10.1 Å². The van der Waals surface area contributed by atoms with Gasteiger partial charge in [0.15, 0.2) is 5.13 Å². The van der Waals surface area contributed by atoms with Crippen LogP contribution in [0.1, 0.15) is 20.3 Å². The summed E-state index contributed by atoms with van der Waals surface area (Å²) in [7, 11) is 0. The van der Waals surface area contributed by atoms with Gasteiger partial charge in [-0.3, -0.25) is 0 Å². The maximum atomic E-state index is 5.78. The van der Waals surface area contributed by atoms with E-state index in [4.69, 9.17) is 4.74 Å². The summed E-state index contributed by atoms with van der Waals surface area (Å²) < 4.78 is 6.63. The molecule has 1 atom stereocenters. The quantitative estimate of drug-likeness (QED) is 0.854. The smallest absolute Gasteiger partial charge is 0.188 e. The first-order valence-electron chi connectivity index (χ1n) is 5.82. The van der Waals surface area contributed by atoms with E-state index in [0.717, 1.165) is 27.6 Å². The second-order valence-electron chi connectivity index (χ2n) is 3.96. The first kappa shape index (κ1) is 13.4. The number of nitrogens with zero attached hydrogens (tertiary/aromatic N) is 1. The fourth-order valence-electron chi connectivity index (χ4n) is 1.40. The number of benzene rings is 1. The molecule has 5 heteroatoms. The minimum Gasteiger partial charge on any atom is -0.491 e. The summed E-state index contributed by atoms with van der Waals surface area (Å²) >= 11 is 4.90. The predicted octanol–water partition coefficient (Wildman–Crippen LogP) is 4.83. The van der Waals surface area contributed by atoms with Crippen LogP contribution in [-0.2, 0) is 0 Å². The van der Waals surface area contributed by atoms with E-state index in [0.29, 0.717) is 0 Å². The third-order valence-electron chi connectivity index (χ3n) is 2.47. The van der Waals surface area contributed by atoms with Crippen molar-refractivity contribution < 1.29 is 4.74 Å². The SMILES string of the molecule is CCC(C)Oc1cccc(Nc2nc(Br)cs2)c1. The van der Waals surface area contributed by atoms with Gasteiger partial charge >= 0.3 is 0 Å². The van der Waals surface area contributed by atoms with E-state index in [9.17, 15) is 0 Å². The van der Waals surface area contributed by atoms with Crippen molar-refractivity contribution in [3.05, 3.63) is 34.2 Å². The minimum atomic E-state index is 0.231. The molecule has 0 aliphatic rings. The Labute approximate surface area is 119 Å². The molecule has 0 saturated carbocycles. The largest absolute Gasteiger partial charge is 0.491 e. The molecule has 0 spiro atoms. The van der Waals surface area contributed by atoms with Crippen molar-refractivity contribution in [1.29, 1.82) is 0 Å². The van der Waals surface area contributed by atoms with Gasteiger partial charge in [0.1, 0.15) is 10.4 Å². The summed E-state index contributed by atoms with van der Waals surface area (Å²) in [5, 5.41) is 6.06. The molecule has 96 valence electrons. The number of nitrogens with one attached hydrogen (secondary N) is 1. The molecule has 2 aromatic rings. The van der Waals surface area contributed by atoms with Crippen molar-refractivity contribution in [2.45, 2.75) is 26.4 Å². The van der Waals surface area contributed by atoms with Crippen molar-refractivity contribution in [3.8, 4) is 5.75 Å². The molecule has 0 aliphatic heterocycles.